The fourth-order valence-electron chi connectivity index (χ4n) is 2.09. The number of hydrogen-bond donors (Lipinski definition) is 4. The molecule has 0 radical (unpaired) electrons. The quantitative estimate of drug-likeness (QED) is 0.668. The van der Waals surface area contributed by atoms with Crippen molar-refractivity contribution >= 4 is 23.3 Å². The van der Waals surface area contributed by atoms with Crippen molar-refractivity contribution in [2.45, 2.75) is 39.7 Å². The number of rotatable bonds is 5. The van der Waals surface area contributed by atoms with Gasteiger partial charge in [0.05, 0.1) is 0 Å². The van der Waals surface area contributed by atoms with Crippen molar-refractivity contribution in [3.05, 3.63) is 24.3 Å². The predicted octanol–water partition coefficient (Wildman–Crippen LogP) is 2.27. The Bertz CT molecular complexity index is 491. The maximum atomic E-state index is 11.9. The minimum Gasteiger partial charge on any atom is -0.351 e. The van der Waals surface area contributed by atoms with Crippen LogP contribution in [0.3, 0.4) is 0 Å². The monoisotopic (exact) mass is 292 g/mol. The summed E-state index contributed by atoms with van der Waals surface area (Å²) < 4.78 is 0. The van der Waals surface area contributed by atoms with Gasteiger partial charge in [-0.25, -0.2) is 4.79 Å². The molecule has 0 saturated heterocycles. The zero-order valence-electron chi connectivity index (χ0n) is 12.8. The van der Waals surface area contributed by atoms with E-state index < -0.39 is 6.03 Å². The molecular weight excluding hydrogens is 268 g/mol. The molecule has 116 valence electrons. The highest BCUT2D eigenvalue weighted by atomic mass is 16.2. The standard InChI is InChI=1S/C15H24N4O2/c1-15(2,3)9-10(16)8-13(20)18-11-4-6-12(7-5-11)19-14(17)21/h4-7,10H,8-9,16H2,1-3H3,(H,18,20)(H3,17,19,21). The lowest BCUT2D eigenvalue weighted by molar-refractivity contribution is -0.116. The van der Waals surface area contributed by atoms with E-state index in [1.807, 2.05) is 0 Å². The summed E-state index contributed by atoms with van der Waals surface area (Å²) in [4.78, 5) is 22.6. The molecule has 0 aliphatic rings. The molecule has 0 aliphatic heterocycles. The van der Waals surface area contributed by atoms with Gasteiger partial charge in [-0.05, 0) is 36.1 Å². The summed E-state index contributed by atoms with van der Waals surface area (Å²) >= 11 is 0. The number of anilines is 2. The number of benzene rings is 1. The van der Waals surface area contributed by atoms with Gasteiger partial charge in [-0.1, -0.05) is 20.8 Å². The van der Waals surface area contributed by atoms with E-state index in [0.717, 1.165) is 6.42 Å². The second-order valence-corrected chi connectivity index (χ2v) is 6.34. The fourth-order valence-corrected chi connectivity index (χ4v) is 2.09. The number of nitrogens with one attached hydrogen (secondary N) is 2. The first-order valence-corrected chi connectivity index (χ1v) is 6.88. The van der Waals surface area contributed by atoms with Gasteiger partial charge in [0.15, 0.2) is 0 Å². The molecule has 1 aromatic rings. The average Bonchev–Trinajstić information content (AvgIpc) is 2.28. The number of carbonyl (C=O) groups is 2. The van der Waals surface area contributed by atoms with Crippen molar-refractivity contribution < 1.29 is 9.59 Å². The van der Waals surface area contributed by atoms with Crippen molar-refractivity contribution in [3.63, 3.8) is 0 Å². The molecule has 1 atom stereocenters. The first kappa shape index (κ1) is 17.0. The number of urea groups is 1. The van der Waals surface area contributed by atoms with E-state index in [-0.39, 0.29) is 23.8 Å². The van der Waals surface area contributed by atoms with Gasteiger partial charge in [0.25, 0.3) is 0 Å². The Balaban J connectivity index is 2.49. The van der Waals surface area contributed by atoms with Crippen molar-refractivity contribution in [1.82, 2.24) is 0 Å². The SMILES string of the molecule is CC(C)(C)CC(N)CC(=O)Nc1ccc(NC(N)=O)cc1. The topological polar surface area (TPSA) is 110 Å². The highest BCUT2D eigenvalue weighted by Gasteiger charge is 2.18. The van der Waals surface area contributed by atoms with Crippen molar-refractivity contribution in [2.24, 2.45) is 16.9 Å². The van der Waals surface area contributed by atoms with E-state index >= 15 is 0 Å². The average molecular weight is 292 g/mol. The largest absolute Gasteiger partial charge is 0.351 e. The second kappa shape index (κ2) is 7.08. The summed E-state index contributed by atoms with van der Waals surface area (Å²) in [5.41, 5.74) is 12.3. The van der Waals surface area contributed by atoms with Gasteiger partial charge in [-0.15, -0.1) is 0 Å². The van der Waals surface area contributed by atoms with Gasteiger partial charge in [0, 0.05) is 23.8 Å². The Kier molecular flexibility index (Phi) is 5.72. The lowest BCUT2D eigenvalue weighted by Gasteiger charge is -2.22. The molecular formula is C15H24N4O2. The maximum absolute atomic E-state index is 11.9. The third kappa shape index (κ3) is 7.31. The summed E-state index contributed by atoms with van der Waals surface area (Å²) in [6, 6.07) is 5.92. The molecule has 6 heteroatoms. The highest BCUT2D eigenvalue weighted by molar-refractivity contribution is 5.92. The second-order valence-electron chi connectivity index (χ2n) is 6.34. The Hall–Kier alpha value is -2.08. The normalized spacial score (nSPS) is 12.6. The fraction of sp³-hybridized carbons (Fsp3) is 0.467. The molecule has 0 fully saturated rings. The third-order valence-corrected chi connectivity index (χ3v) is 2.76. The summed E-state index contributed by atoms with van der Waals surface area (Å²) in [5.74, 6) is -0.123. The van der Waals surface area contributed by atoms with Crippen LogP contribution in [-0.4, -0.2) is 18.0 Å². The van der Waals surface area contributed by atoms with Crippen molar-refractivity contribution in [2.75, 3.05) is 10.6 Å². The molecule has 0 aromatic heterocycles. The molecule has 1 aromatic carbocycles. The maximum Gasteiger partial charge on any atom is 0.316 e. The van der Waals surface area contributed by atoms with Gasteiger partial charge in [0.2, 0.25) is 5.91 Å². The van der Waals surface area contributed by atoms with Crippen LogP contribution in [0, 0.1) is 5.41 Å². The molecule has 1 rings (SSSR count). The molecule has 6 N–H and O–H groups in total. The molecule has 1 unspecified atom stereocenters. The molecule has 6 nitrogen and oxygen atoms in total. The van der Waals surface area contributed by atoms with E-state index in [0.29, 0.717) is 11.4 Å². The zero-order chi connectivity index (χ0) is 16.0. The van der Waals surface area contributed by atoms with Crippen LogP contribution in [0.15, 0.2) is 24.3 Å². The van der Waals surface area contributed by atoms with E-state index in [9.17, 15) is 9.59 Å². The summed E-state index contributed by atoms with van der Waals surface area (Å²) in [5, 5.41) is 5.23. The summed E-state index contributed by atoms with van der Waals surface area (Å²) in [6.07, 6.45) is 1.06. The van der Waals surface area contributed by atoms with Crippen molar-refractivity contribution in [1.29, 1.82) is 0 Å². The van der Waals surface area contributed by atoms with Crippen LogP contribution < -0.4 is 22.1 Å². The Labute approximate surface area is 125 Å². The zero-order valence-corrected chi connectivity index (χ0v) is 12.8. The minimum absolute atomic E-state index is 0.0990. The predicted molar refractivity (Wildman–Crippen MR) is 84.9 cm³/mol. The van der Waals surface area contributed by atoms with E-state index in [1.165, 1.54) is 0 Å². The minimum atomic E-state index is -0.625. The van der Waals surface area contributed by atoms with Crippen LogP contribution in [-0.2, 0) is 4.79 Å². The van der Waals surface area contributed by atoms with Crippen LogP contribution in [0.5, 0.6) is 0 Å². The number of hydrogen-bond acceptors (Lipinski definition) is 3. The van der Waals surface area contributed by atoms with Crippen LogP contribution in [0.2, 0.25) is 0 Å². The van der Waals surface area contributed by atoms with Crippen LogP contribution in [0.4, 0.5) is 16.2 Å². The molecule has 0 bridgehead atoms. The van der Waals surface area contributed by atoms with Gasteiger partial charge < -0.3 is 22.1 Å². The molecule has 0 aliphatic carbocycles. The third-order valence-electron chi connectivity index (χ3n) is 2.76. The molecule has 3 amide bonds. The Morgan fingerprint density at radius 1 is 1.10 bits per heavy atom. The van der Waals surface area contributed by atoms with E-state index in [1.54, 1.807) is 24.3 Å². The van der Waals surface area contributed by atoms with E-state index in [2.05, 4.69) is 31.4 Å². The molecule has 21 heavy (non-hydrogen) atoms. The number of primary amides is 1. The molecule has 0 saturated carbocycles. The molecule has 0 heterocycles. The Morgan fingerprint density at radius 2 is 1.57 bits per heavy atom. The van der Waals surface area contributed by atoms with Crippen molar-refractivity contribution in [3.8, 4) is 0 Å². The number of nitrogens with two attached hydrogens (primary N) is 2. The van der Waals surface area contributed by atoms with Gasteiger partial charge in [0.1, 0.15) is 0 Å². The smallest absolute Gasteiger partial charge is 0.316 e. The summed E-state index contributed by atoms with van der Waals surface area (Å²) in [6.45, 7) is 6.28. The van der Waals surface area contributed by atoms with E-state index in [4.69, 9.17) is 11.5 Å². The summed E-state index contributed by atoms with van der Waals surface area (Å²) in [7, 11) is 0. The Morgan fingerprint density at radius 3 is 2.00 bits per heavy atom. The van der Waals surface area contributed by atoms with Crippen LogP contribution >= 0.6 is 0 Å². The molecule has 0 spiro atoms. The highest BCUT2D eigenvalue weighted by Crippen LogP contribution is 2.21. The first-order valence-electron chi connectivity index (χ1n) is 6.88. The number of amides is 3. The lowest BCUT2D eigenvalue weighted by atomic mass is 9.87. The van der Waals surface area contributed by atoms with Gasteiger partial charge >= 0.3 is 6.03 Å². The first-order chi connectivity index (χ1) is 9.65. The van der Waals surface area contributed by atoms with Gasteiger partial charge in [-0.3, -0.25) is 4.79 Å². The number of carbonyl (C=O) groups excluding carboxylic acids is 2. The van der Waals surface area contributed by atoms with Crippen LogP contribution in [0.25, 0.3) is 0 Å². The van der Waals surface area contributed by atoms with Gasteiger partial charge in [-0.2, -0.15) is 0 Å². The van der Waals surface area contributed by atoms with Crippen LogP contribution in [0.1, 0.15) is 33.6 Å². The lowest BCUT2D eigenvalue weighted by Crippen LogP contribution is -2.31.